The van der Waals surface area contributed by atoms with E-state index in [0.717, 1.165) is 171 Å². The number of hydrogen-bond acceptors (Lipinski definition) is 2. The van der Waals surface area contributed by atoms with Gasteiger partial charge in [0.05, 0.1) is 60.7 Å². The third-order valence-electron chi connectivity index (χ3n) is 20.3. The molecule has 0 saturated heterocycles. The van der Waals surface area contributed by atoms with Crippen LogP contribution in [0.5, 0.6) is 0 Å². The minimum absolute atomic E-state index is 0.475. The Kier molecular flexibility index (Phi) is 12.6. The predicted molar refractivity (Wildman–Crippen MR) is 410 cm³/mol. The van der Waals surface area contributed by atoms with Crippen LogP contribution in [-0.2, 0) is 0 Å². The summed E-state index contributed by atoms with van der Waals surface area (Å²) in [6.07, 6.45) is 0. The van der Waals surface area contributed by atoms with Crippen molar-refractivity contribution in [3.05, 3.63) is 351 Å². The first-order chi connectivity index (χ1) is 49.2. The summed E-state index contributed by atoms with van der Waals surface area (Å²) in [6, 6.07) is 128. The highest BCUT2D eigenvalue weighted by molar-refractivity contribution is 6.26. The van der Waals surface area contributed by atoms with Crippen molar-refractivity contribution in [3.8, 4) is 90.4 Å². The van der Waals surface area contributed by atoms with Crippen LogP contribution in [0.3, 0.4) is 0 Å². The monoisotopic (exact) mass is 1260 g/mol. The number of rotatable bonds is 10. The zero-order chi connectivity index (χ0) is 65.2. The van der Waals surface area contributed by atoms with Gasteiger partial charge in [-0.1, -0.05) is 249 Å². The first-order valence-electron chi connectivity index (χ1n) is 33.7. The highest BCUT2D eigenvalue weighted by Crippen LogP contribution is 2.59. The second-order valence-corrected chi connectivity index (χ2v) is 25.5. The van der Waals surface area contributed by atoms with Crippen LogP contribution >= 0.6 is 0 Å². The number of aromatic nitrogens is 6. The van der Waals surface area contributed by atoms with Crippen molar-refractivity contribution >= 4 is 98.3 Å². The average molecular weight is 1260 g/mol. The second-order valence-electron chi connectivity index (χ2n) is 25.5. The number of imidazole rings is 1. The fourth-order valence-corrected chi connectivity index (χ4v) is 16.5. The van der Waals surface area contributed by atoms with Crippen molar-refractivity contribution in [2.75, 3.05) is 0 Å². The van der Waals surface area contributed by atoms with Gasteiger partial charge in [-0.2, -0.15) is 5.26 Å². The third kappa shape index (κ3) is 8.27. The lowest BCUT2D eigenvalue weighted by molar-refractivity contribution is 1.10. The van der Waals surface area contributed by atoms with E-state index in [0.29, 0.717) is 17.0 Å². The summed E-state index contributed by atoms with van der Waals surface area (Å²) < 4.78 is 12.1. The summed E-state index contributed by atoms with van der Waals surface area (Å²) in [5.74, 6) is 0.630. The van der Waals surface area contributed by atoms with E-state index in [4.69, 9.17) is 4.98 Å². The summed E-state index contributed by atoms with van der Waals surface area (Å²) in [6.45, 7) is 0. The molecule has 20 rings (SSSR count). The minimum atomic E-state index is 0.475. The Morgan fingerprint density at radius 3 is 0.798 bits per heavy atom. The van der Waals surface area contributed by atoms with Gasteiger partial charge in [-0.15, -0.1) is 0 Å². The van der Waals surface area contributed by atoms with E-state index < -0.39 is 0 Å². The Bertz CT molecular complexity index is 6700. The van der Waals surface area contributed by atoms with Gasteiger partial charge in [0.2, 0.25) is 0 Å². The fraction of sp³-hybridized carbons (Fsp3) is 0. The maximum Gasteiger partial charge on any atom is 0.147 e. The van der Waals surface area contributed by atoms with Crippen LogP contribution in [-0.4, -0.2) is 27.8 Å². The lowest BCUT2D eigenvalue weighted by Crippen LogP contribution is -2.08. The van der Waals surface area contributed by atoms with E-state index in [1.54, 1.807) is 0 Å². The van der Waals surface area contributed by atoms with Gasteiger partial charge in [-0.05, 0) is 97.1 Å². The molecule has 0 bridgehead atoms. The molecule has 0 saturated carbocycles. The maximum atomic E-state index is 13.6. The molecular formula is C92H57N7. The molecule has 7 nitrogen and oxygen atoms in total. The van der Waals surface area contributed by atoms with Crippen LogP contribution in [0.1, 0.15) is 5.56 Å². The summed E-state index contributed by atoms with van der Waals surface area (Å²) in [7, 11) is 0. The van der Waals surface area contributed by atoms with Gasteiger partial charge in [0.15, 0.2) is 0 Å². The molecule has 15 aromatic carbocycles. The average Bonchev–Trinajstić information content (AvgIpc) is 1.66. The SMILES string of the molecule is N#Cc1c(-c2cccc3c4ccccc4n(-c4ccccc4)c23)c(-c2cccc3c4ccccc4n(-c4ccccc4)c23)c(-c2cccc3c4ccccc4n(-c4ccccc4)c23)c(-c2cccc3c4ccccc4n(-c4ccccc4)c23)c1-c1nc2ccccc2n1-c1ccccc1. The van der Waals surface area contributed by atoms with Crippen LogP contribution in [0.4, 0.5) is 0 Å². The zero-order valence-corrected chi connectivity index (χ0v) is 53.5. The first kappa shape index (κ1) is 55.9. The van der Waals surface area contributed by atoms with Gasteiger partial charge in [-0.3, -0.25) is 4.57 Å². The normalized spacial score (nSPS) is 11.8. The Labute approximate surface area is 569 Å². The number of benzene rings is 15. The summed E-state index contributed by atoms with van der Waals surface area (Å²) >= 11 is 0. The van der Waals surface area contributed by atoms with E-state index in [-0.39, 0.29) is 0 Å². The topological polar surface area (TPSA) is 61.3 Å². The standard InChI is InChI=1S/C92H57N7/c93-58-76-83(72-48-26-44-68-64-40-16-21-53-78(64)95(88(68)72)59-30-6-1-7-31-59)84(73-49-27-45-69-65-41-17-22-54-79(65)96(89(69)73)60-32-8-2-9-33-60)85(74-50-28-46-70-66-42-18-23-55-80(66)97(90(70)74)61-34-10-3-11-35-61)86(87(76)92-94-77-52-20-25-57-82(77)99(92)63-38-14-5-15-39-63)75-51-29-47-71-67-43-19-24-56-81(67)98(91(71)75)62-36-12-4-13-37-62/h1-57H. The minimum Gasteiger partial charge on any atom is -0.309 e. The Morgan fingerprint density at radius 1 is 0.212 bits per heavy atom. The Balaban J connectivity index is 1.14. The largest absolute Gasteiger partial charge is 0.309 e. The summed E-state index contributed by atoms with van der Waals surface area (Å²) in [5.41, 5.74) is 23.3. The second kappa shape index (κ2) is 22.3. The molecule has 0 atom stereocenters. The van der Waals surface area contributed by atoms with E-state index in [9.17, 15) is 5.26 Å². The van der Waals surface area contributed by atoms with Crippen molar-refractivity contribution in [1.82, 2.24) is 27.8 Å². The van der Waals surface area contributed by atoms with Crippen LogP contribution in [0, 0.1) is 11.3 Å². The molecule has 0 aliphatic carbocycles. The smallest absolute Gasteiger partial charge is 0.147 e. The molecule has 0 amide bonds. The summed E-state index contributed by atoms with van der Waals surface area (Å²) in [4.78, 5) is 5.98. The third-order valence-corrected chi connectivity index (χ3v) is 20.3. The molecule has 0 aliphatic rings. The van der Waals surface area contributed by atoms with Gasteiger partial charge < -0.3 is 18.3 Å². The van der Waals surface area contributed by atoms with Gasteiger partial charge in [0.25, 0.3) is 0 Å². The first-order valence-corrected chi connectivity index (χ1v) is 33.7. The van der Waals surface area contributed by atoms with Crippen LogP contribution in [0.15, 0.2) is 346 Å². The molecule has 0 spiro atoms. The molecule has 20 aromatic rings. The summed E-state index contributed by atoms with van der Waals surface area (Å²) in [5, 5.41) is 22.4. The van der Waals surface area contributed by atoms with Gasteiger partial charge in [-0.25, -0.2) is 4.98 Å². The molecule has 0 N–H and O–H groups in total. The molecule has 460 valence electrons. The zero-order valence-electron chi connectivity index (χ0n) is 53.5. The van der Waals surface area contributed by atoms with Crippen molar-refractivity contribution < 1.29 is 0 Å². The Morgan fingerprint density at radius 2 is 0.465 bits per heavy atom. The molecule has 0 unspecified atom stereocenters. The van der Waals surface area contributed by atoms with Crippen molar-refractivity contribution in [2.45, 2.75) is 0 Å². The molecule has 0 radical (unpaired) electrons. The fourth-order valence-electron chi connectivity index (χ4n) is 16.5. The van der Waals surface area contributed by atoms with E-state index in [1.165, 1.54) is 0 Å². The molecule has 5 aromatic heterocycles. The number of hydrogen-bond donors (Lipinski definition) is 0. The molecule has 7 heteroatoms. The van der Waals surface area contributed by atoms with Gasteiger partial charge >= 0.3 is 0 Å². The molecule has 5 heterocycles. The highest BCUT2D eigenvalue weighted by Gasteiger charge is 2.37. The quantitative estimate of drug-likeness (QED) is 0.137. The van der Waals surface area contributed by atoms with E-state index in [1.807, 2.05) is 0 Å². The number of nitrogens with zero attached hydrogens (tertiary/aromatic N) is 7. The molecule has 0 aliphatic heterocycles. The van der Waals surface area contributed by atoms with E-state index in [2.05, 4.69) is 375 Å². The van der Waals surface area contributed by atoms with Crippen LogP contribution < -0.4 is 0 Å². The maximum absolute atomic E-state index is 13.6. The molecule has 99 heavy (non-hydrogen) atoms. The highest BCUT2D eigenvalue weighted by atomic mass is 15.1. The van der Waals surface area contributed by atoms with E-state index >= 15 is 0 Å². The van der Waals surface area contributed by atoms with Crippen molar-refractivity contribution in [2.24, 2.45) is 0 Å². The Hall–Kier alpha value is -13.5. The molecule has 0 fully saturated rings. The van der Waals surface area contributed by atoms with Crippen molar-refractivity contribution in [1.29, 1.82) is 5.26 Å². The van der Waals surface area contributed by atoms with Crippen molar-refractivity contribution in [3.63, 3.8) is 0 Å². The number of para-hydroxylation sites is 15. The predicted octanol–water partition coefficient (Wildman–Crippen LogP) is 23.6. The van der Waals surface area contributed by atoms with Gasteiger partial charge in [0.1, 0.15) is 11.9 Å². The van der Waals surface area contributed by atoms with Crippen LogP contribution in [0.2, 0.25) is 0 Å². The van der Waals surface area contributed by atoms with Gasteiger partial charge in [0, 0.05) is 122 Å². The molecular weight excluding hydrogens is 1200 g/mol. The number of fused-ring (bicyclic) bond motifs is 13. The lowest BCUT2D eigenvalue weighted by atomic mass is 9.76. The lowest BCUT2D eigenvalue weighted by Gasteiger charge is -2.28. The number of nitriles is 1. The van der Waals surface area contributed by atoms with Crippen LogP contribution in [0.25, 0.3) is 183 Å².